The number of nitrogens with zero attached hydrogens (tertiary/aromatic N) is 1. The highest BCUT2D eigenvalue weighted by atomic mass is 32.2. The zero-order chi connectivity index (χ0) is 19.5. The molecular formula is C18H26N2O5S. The summed E-state index contributed by atoms with van der Waals surface area (Å²) in [7, 11) is -3.47. The van der Waals surface area contributed by atoms with E-state index in [1.54, 1.807) is 19.9 Å². The predicted octanol–water partition coefficient (Wildman–Crippen LogP) is 2.53. The van der Waals surface area contributed by atoms with Gasteiger partial charge >= 0.3 is 5.97 Å². The first-order valence-corrected chi connectivity index (χ1v) is 10.4. The number of aromatic carboxylic acids is 1. The van der Waals surface area contributed by atoms with E-state index in [-0.39, 0.29) is 11.3 Å². The highest BCUT2D eigenvalue weighted by Gasteiger charge is 2.38. The summed E-state index contributed by atoms with van der Waals surface area (Å²) >= 11 is 0. The number of anilines is 1. The van der Waals surface area contributed by atoms with Gasteiger partial charge in [-0.1, -0.05) is 19.4 Å². The first-order chi connectivity index (χ1) is 12.2. The zero-order valence-electron chi connectivity index (χ0n) is 15.4. The van der Waals surface area contributed by atoms with E-state index in [0.29, 0.717) is 37.1 Å². The van der Waals surface area contributed by atoms with Crippen LogP contribution in [-0.4, -0.2) is 48.0 Å². The minimum absolute atomic E-state index is 0.0417. The standard InChI is InChI=1S/C18H26N2O5S/c1-4-5-9-26(24,25)20-8-6-7-16(20)17(21)19-15-11-14(18(22)23)12(2)10-13(15)3/h10-11,16H,4-9H2,1-3H3,(H,19,21)(H,22,23). The van der Waals surface area contributed by atoms with E-state index in [1.165, 1.54) is 10.4 Å². The summed E-state index contributed by atoms with van der Waals surface area (Å²) in [5, 5.41) is 12.0. The Bertz CT molecular complexity index is 804. The molecule has 1 aromatic rings. The predicted molar refractivity (Wildman–Crippen MR) is 99.9 cm³/mol. The van der Waals surface area contributed by atoms with Gasteiger partial charge in [0.05, 0.1) is 11.3 Å². The Morgan fingerprint density at radius 2 is 1.96 bits per heavy atom. The van der Waals surface area contributed by atoms with Crippen molar-refractivity contribution in [2.45, 2.75) is 52.5 Å². The van der Waals surface area contributed by atoms with Crippen LogP contribution in [0.4, 0.5) is 5.69 Å². The number of aryl methyl sites for hydroxylation is 2. The van der Waals surface area contributed by atoms with Gasteiger partial charge in [-0.15, -0.1) is 0 Å². The van der Waals surface area contributed by atoms with Crippen LogP contribution in [0.15, 0.2) is 12.1 Å². The van der Waals surface area contributed by atoms with Crippen molar-refractivity contribution in [3.05, 3.63) is 28.8 Å². The molecule has 8 heteroatoms. The monoisotopic (exact) mass is 382 g/mol. The number of nitrogens with one attached hydrogen (secondary N) is 1. The lowest BCUT2D eigenvalue weighted by atomic mass is 10.0. The second kappa shape index (κ2) is 8.18. The van der Waals surface area contributed by atoms with Crippen LogP contribution in [0.5, 0.6) is 0 Å². The molecule has 0 aromatic heterocycles. The minimum Gasteiger partial charge on any atom is -0.478 e. The second-order valence-corrected chi connectivity index (χ2v) is 8.76. The molecule has 1 aliphatic heterocycles. The summed E-state index contributed by atoms with van der Waals surface area (Å²) < 4.78 is 26.3. The van der Waals surface area contributed by atoms with Crippen LogP contribution in [0.3, 0.4) is 0 Å². The molecule has 1 unspecified atom stereocenters. The fraction of sp³-hybridized carbons (Fsp3) is 0.556. The summed E-state index contributed by atoms with van der Waals surface area (Å²) in [6.07, 6.45) is 2.43. The Morgan fingerprint density at radius 3 is 2.58 bits per heavy atom. The number of benzene rings is 1. The highest BCUT2D eigenvalue weighted by Crippen LogP contribution is 2.26. The van der Waals surface area contributed by atoms with Gasteiger partial charge in [0, 0.05) is 12.2 Å². The lowest BCUT2D eigenvalue weighted by Crippen LogP contribution is -2.44. The van der Waals surface area contributed by atoms with Gasteiger partial charge in [0.25, 0.3) is 0 Å². The molecule has 7 nitrogen and oxygen atoms in total. The lowest BCUT2D eigenvalue weighted by Gasteiger charge is -2.24. The molecule has 1 aliphatic rings. The molecule has 0 aliphatic carbocycles. The molecule has 1 aromatic carbocycles. The van der Waals surface area contributed by atoms with E-state index in [0.717, 1.165) is 12.0 Å². The number of carbonyl (C=O) groups is 2. The van der Waals surface area contributed by atoms with E-state index in [4.69, 9.17) is 0 Å². The van der Waals surface area contributed by atoms with Gasteiger partial charge in [-0.25, -0.2) is 13.2 Å². The number of sulfonamides is 1. The van der Waals surface area contributed by atoms with E-state index >= 15 is 0 Å². The van der Waals surface area contributed by atoms with Gasteiger partial charge in [0.1, 0.15) is 6.04 Å². The Balaban J connectivity index is 2.21. The van der Waals surface area contributed by atoms with Crippen LogP contribution in [0.1, 0.15) is 54.1 Å². The van der Waals surface area contributed by atoms with Crippen LogP contribution in [0.2, 0.25) is 0 Å². The lowest BCUT2D eigenvalue weighted by molar-refractivity contribution is -0.119. The van der Waals surface area contributed by atoms with Crippen molar-refractivity contribution in [2.24, 2.45) is 0 Å². The van der Waals surface area contributed by atoms with Crippen LogP contribution in [0.25, 0.3) is 0 Å². The van der Waals surface area contributed by atoms with E-state index in [9.17, 15) is 23.1 Å². The zero-order valence-corrected chi connectivity index (χ0v) is 16.2. The summed E-state index contributed by atoms with van der Waals surface area (Å²) in [5.41, 5.74) is 1.86. The quantitative estimate of drug-likeness (QED) is 0.754. The Labute approximate surface area is 154 Å². The average Bonchev–Trinajstić information content (AvgIpc) is 3.05. The molecule has 1 saturated heterocycles. The fourth-order valence-electron chi connectivity index (χ4n) is 3.21. The molecule has 0 bridgehead atoms. The van der Waals surface area contributed by atoms with E-state index < -0.39 is 27.9 Å². The van der Waals surface area contributed by atoms with E-state index in [1.807, 2.05) is 6.92 Å². The van der Waals surface area contributed by atoms with Crippen LogP contribution >= 0.6 is 0 Å². The van der Waals surface area contributed by atoms with Crippen molar-refractivity contribution in [3.8, 4) is 0 Å². The molecule has 1 heterocycles. The average molecular weight is 382 g/mol. The first kappa shape index (κ1) is 20.4. The van der Waals surface area contributed by atoms with Crippen molar-refractivity contribution in [1.29, 1.82) is 0 Å². The van der Waals surface area contributed by atoms with Crippen molar-refractivity contribution in [1.82, 2.24) is 4.31 Å². The van der Waals surface area contributed by atoms with Gasteiger partial charge in [-0.2, -0.15) is 4.31 Å². The molecule has 26 heavy (non-hydrogen) atoms. The normalized spacial score (nSPS) is 18.0. The number of hydrogen-bond acceptors (Lipinski definition) is 4. The molecular weight excluding hydrogens is 356 g/mol. The summed E-state index contributed by atoms with van der Waals surface area (Å²) in [6.45, 7) is 5.74. The highest BCUT2D eigenvalue weighted by molar-refractivity contribution is 7.89. The first-order valence-electron chi connectivity index (χ1n) is 8.82. The van der Waals surface area contributed by atoms with Crippen LogP contribution < -0.4 is 5.32 Å². The Kier molecular flexibility index (Phi) is 6.41. The van der Waals surface area contributed by atoms with Gasteiger partial charge in [0.2, 0.25) is 15.9 Å². The molecule has 2 N–H and O–H groups in total. The molecule has 2 rings (SSSR count). The minimum atomic E-state index is -3.47. The third kappa shape index (κ3) is 4.42. The summed E-state index contributed by atoms with van der Waals surface area (Å²) in [5.74, 6) is -1.44. The summed E-state index contributed by atoms with van der Waals surface area (Å²) in [6, 6.07) is 2.38. The van der Waals surface area contributed by atoms with Crippen molar-refractivity contribution in [2.75, 3.05) is 17.6 Å². The topological polar surface area (TPSA) is 104 Å². The van der Waals surface area contributed by atoms with Crippen molar-refractivity contribution in [3.63, 3.8) is 0 Å². The van der Waals surface area contributed by atoms with Gasteiger partial charge in [-0.05, 0) is 50.3 Å². The number of carbonyl (C=O) groups excluding carboxylic acids is 1. The molecule has 1 amide bonds. The number of amides is 1. The molecule has 0 radical (unpaired) electrons. The molecule has 0 saturated carbocycles. The third-order valence-corrected chi connectivity index (χ3v) is 6.64. The van der Waals surface area contributed by atoms with E-state index in [2.05, 4.69) is 5.32 Å². The maximum absolute atomic E-state index is 12.7. The van der Waals surface area contributed by atoms with Gasteiger partial charge in [-0.3, -0.25) is 4.79 Å². The largest absolute Gasteiger partial charge is 0.478 e. The second-order valence-electron chi connectivity index (χ2n) is 6.71. The summed E-state index contributed by atoms with van der Waals surface area (Å²) in [4.78, 5) is 24.0. The molecule has 0 spiro atoms. The van der Waals surface area contributed by atoms with Crippen molar-refractivity contribution < 1.29 is 23.1 Å². The molecule has 1 fully saturated rings. The SMILES string of the molecule is CCCCS(=O)(=O)N1CCCC1C(=O)Nc1cc(C(=O)O)c(C)cc1C. The van der Waals surface area contributed by atoms with Crippen molar-refractivity contribution >= 4 is 27.6 Å². The van der Waals surface area contributed by atoms with Gasteiger partial charge < -0.3 is 10.4 Å². The maximum atomic E-state index is 12.7. The van der Waals surface area contributed by atoms with Crippen LogP contribution in [-0.2, 0) is 14.8 Å². The van der Waals surface area contributed by atoms with Gasteiger partial charge in [0.15, 0.2) is 0 Å². The number of carboxylic acid groups (broad SMARTS) is 1. The number of rotatable bonds is 7. The smallest absolute Gasteiger partial charge is 0.336 e. The van der Waals surface area contributed by atoms with Crippen LogP contribution in [0, 0.1) is 13.8 Å². The number of unbranched alkanes of at least 4 members (excludes halogenated alkanes) is 1. The Morgan fingerprint density at radius 1 is 1.27 bits per heavy atom. The molecule has 144 valence electrons. The maximum Gasteiger partial charge on any atom is 0.336 e. The fourth-order valence-corrected chi connectivity index (χ4v) is 5.10. The third-order valence-electron chi connectivity index (χ3n) is 4.68. The Hall–Kier alpha value is -1.93. The number of hydrogen-bond donors (Lipinski definition) is 2. The number of carboxylic acids is 1. The molecule has 1 atom stereocenters.